The number of alkyl halides is 2. The van der Waals surface area contributed by atoms with Crippen molar-refractivity contribution >= 4 is 0 Å². The summed E-state index contributed by atoms with van der Waals surface area (Å²) in [6.07, 6.45) is -2.78. The molecular weight excluding hydrogens is 178 g/mol. The molecule has 0 aliphatic rings. The van der Waals surface area contributed by atoms with Gasteiger partial charge in [0, 0.05) is 24.0 Å². The zero-order valence-corrected chi connectivity index (χ0v) is 7.10. The maximum atomic E-state index is 12.3. The summed E-state index contributed by atoms with van der Waals surface area (Å²) in [5, 5.41) is 0. The summed E-state index contributed by atoms with van der Waals surface area (Å²) in [7, 11) is 0. The van der Waals surface area contributed by atoms with Crippen molar-refractivity contribution in [3.63, 3.8) is 0 Å². The molecule has 1 aromatic rings. The first-order chi connectivity index (χ1) is 6.06. The molecule has 72 valence electrons. The summed E-state index contributed by atoms with van der Waals surface area (Å²) in [4.78, 5) is 13.7. The Morgan fingerprint density at radius 2 is 2.23 bits per heavy atom. The molecule has 0 aliphatic heterocycles. The second-order valence-corrected chi connectivity index (χ2v) is 2.71. The van der Waals surface area contributed by atoms with Gasteiger partial charge in [-0.05, 0) is 6.92 Å². The fraction of sp³-hybridized carbons (Fsp3) is 0.375. The molecule has 0 saturated heterocycles. The van der Waals surface area contributed by atoms with E-state index in [0.717, 1.165) is 6.07 Å². The van der Waals surface area contributed by atoms with Gasteiger partial charge in [-0.1, -0.05) is 0 Å². The fourth-order valence-electron chi connectivity index (χ4n) is 1.16. The molecule has 0 atom stereocenters. The highest BCUT2D eigenvalue weighted by Gasteiger charge is 2.16. The topological polar surface area (TPSA) is 58.9 Å². The van der Waals surface area contributed by atoms with Crippen molar-refractivity contribution in [1.29, 1.82) is 0 Å². The van der Waals surface area contributed by atoms with Gasteiger partial charge in [0.05, 0.1) is 5.56 Å². The Kier molecular flexibility index (Phi) is 2.77. The highest BCUT2D eigenvalue weighted by Crippen LogP contribution is 2.17. The molecule has 3 nitrogen and oxygen atoms in total. The van der Waals surface area contributed by atoms with E-state index in [-0.39, 0.29) is 12.2 Å². The molecule has 13 heavy (non-hydrogen) atoms. The van der Waals surface area contributed by atoms with Crippen molar-refractivity contribution in [2.45, 2.75) is 19.9 Å². The summed E-state index contributed by atoms with van der Waals surface area (Å²) < 4.78 is 24.7. The maximum absolute atomic E-state index is 12.3. The van der Waals surface area contributed by atoms with Gasteiger partial charge < -0.3 is 10.7 Å². The Bertz CT molecular complexity index is 360. The van der Waals surface area contributed by atoms with E-state index < -0.39 is 17.4 Å². The van der Waals surface area contributed by atoms with Crippen LogP contribution in [0.15, 0.2) is 10.9 Å². The van der Waals surface area contributed by atoms with Crippen molar-refractivity contribution in [2.75, 3.05) is 0 Å². The Labute approximate surface area is 73.6 Å². The molecule has 0 amide bonds. The number of aromatic nitrogens is 1. The minimum Gasteiger partial charge on any atom is -0.361 e. The molecule has 0 aliphatic carbocycles. The largest absolute Gasteiger partial charge is 0.361 e. The number of hydrogen-bond acceptors (Lipinski definition) is 2. The van der Waals surface area contributed by atoms with Gasteiger partial charge in [-0.2, -0.15) is 0 Å². The third kappa shape index (κ3) is 1.92. The van der Waals surface area contributed by atoms with E-state index >= 15 is 0 Å². The molecule has 3 N–H and O–H groups in total. The molecule has 0 aromatic carbocycles. The fourth-order valence-corrected chi connectivity index (χ4v) is 1.16. The maximum Gasteiger partial charge on any atom is 0.269 e. The Hall–Kier alpha value is -1.23. The zero-order valence-electron chi connectivity index (χ0n) is 7.10. The SMILES string of the molecule is Cc1cc(=O)c(C(F)F)c(CN)[nH]1. The molecule has 1 aromatic heterocycles. The third-order valence-corrected chi connectivity index (χ3v) is 1.71. The van der Waals surface area contributed by atoms with Crippen molar-refractivity contribution in [2.24, 2.45) is 5.73 Å². The molecule has 0 radical (unpaired) electrons. The van der Waals surface area contributed by atoms with Gasteiger partial charge in [0.1, 0.15) is 0 Å². The van der Waals surface area contributed by atoms with E-state index in [9.17, 15) is 13.6 Å². The lowest BCUT2D eigenvalue weighted by molar-refractivity contribution is 0.148. The molecule has 0 bridgehead atoms. The Morgan fingerprint density at radius 3 is 2.69 bits per heavy atom. The van der Waals surface area contributed by atoms with Gasteiger partial charge in [-0.15, -0.1) is 0 Å². The second kappa shape index (κ2) is 3.66. The highest BCUT2D eigenvalue weighted by atomic mass is 19.3. The monoisotopic (exact) mass is 188 g/mol. The predicted octanol–water partition coefficient (Wildman–Crippen LogP) is 1.08. The van der Waals surface area contributed by atoms with Gasteiger partial charge in [0.15, 0.2) is 5.43 Å². The van der Waals surface area contributed by atoms with Gasteiger partial charge in [0.25, 0.3) is 6.43 Å². The molecule has 0 unspecified atom stereocenters. The van der Waals surface area contributed by atoms with Crippen LogP contribution in [0.1, 0.15) is 23.4 Å². The smallest absolute Gasteiger partial charge is 0.269 e. The van der Waals surface area contributed by atoms with Crippen LogP contribution in [0.4, 0.5) is 8.78 Å². The first-order valence-electron chi connectivity index (χ1n) is 3.77. The number of aryl methyl sites for hydroxylation is 1. The van der Waals surface area contributed by atoms with Crippen molar-refractivity contribution in [3.05, 3.63) is 33.2 Å². The summed E-state index contributed by atoms with van der Waals surface area (Å²) in [6, 6.07) is 1.14. The van der Waals surface area contributed by atoms with E-state index in [4.69, 9.17) is 5.73 Å². The average molecular weight is 188 g/mol. The van der Waals surface area contributed by atoms with Crippen LogP contribution in [-0.4, -0.2) is 4.98 Å². The Balaban J connectivity index is 3.39. The summed E-state index contributed by atoms with van der Waals surface area (Å²) in [6.45, 7) is 1.53. The summed E-state index contributed by atoms with van der Waals surface area (Å²) >= 11 is 0. The van der Waals surface area contributed by atoms with E-state index in [1.54, 1.807) is 6.92 Å². The summed E-state index contributed by atoms with van der Waals surface area (Å²) in [5.41, 5.74) is 4.69. The molecule has 0 fully saturated rings. The van der Waals surface area contributed by atoms with Crippen LogP contribution in [0.3, 0.4) is 0 Å². The number of halogens is 2. The standard InChI is InChI=1S/C8H10F2N2O/c1-4-2-6(13)7(8(9)10)5(3-11)12-4/h2,8H,3,11H2,1H3,(H,12,13). The normalized spacial score (nSPS) is 10.8. The lowest BCUT2D eigenvalue weighted by Gasteiger charge is -2.06. The first kappa shape index (κ1) is 9.85. The predicted molar refractivity (Wildman–Crippen MR) is 44.6 cm³/mol. The van der Waals surface area contributed by atoms with E-state index in [2.05, 4.69) is 4.98 Å². The van der Waals surface area contributed by atoms with E-state index in [1.165, 1.54) is 0 Å². The molecule has 0 spiro atoms. The Morgan fingerprint density at radius 1 is 1.62 bits per heavy atom. The lowest BCUT2D eigenvalue weighted by atomic mass is 10.1. The number of rotatable bonds is 2. The molecule has 5 heteroatoms. The number of pyridine rings is 1. The van der Waals surface area contributed by atoms with Crippen molar-refractivity contribution in [1.82, 2.24) is 4.98 Å². The number of nitrogens with two attached hydrogens (primary N) is 1. The summed E-state index contributed by atoms with van der Waals surface area (Å²) in [5.74, 6) is 0. The first-order valence-corrected chi connectivity index (χ1v) is 3.77. The molecule has 1 heterocycles. The van der Waals surface area contributed by atoms with Crippen molar-refractivity contribution in [3.8, 4) is 0 Å². The number of hydrogen-bond donors (Lipinski definition) is 2. The van der Waals surface area contributed by atoms with Crippen LogP contribution < -0.4 is 11.2 Å². The van der Waals surface area contributed by atoms with Crippen LogP contribution in [0.5, 0.6) is 0 Å². The van der Waals surface area contributed by atoms with Crippen LogP contribution >= 0.6 is 0 Å². The second-order valence-electron chi connectivity index (χ2n) is 2.71. The van der Waals surface area contributed by atoms with Gasteiger partial charge in [-0.25, -0.2) is 8.78 Å². The minimum atomic E-state index is -2.78. The van der Waals surface area contributed by atoms with Crippen LogP contribution in [0, 0.1) is 6.92 Å². The molecule has 0 saturated carbocycles. The van der Waals surface area contributed by atoms with Crippen LogP contribution in [-0.2, 0) is 6.54 Å². The molecule has 1 rings (SSSR count). The van der Waals surface area contributed by atoms with Crippen molar-refractivity contribution < 1.29 is 8.78 Å². The van der Waals surface area contributed by atoms with Crippen LogP contribution in [0.2, 0.25) is 0 Å². The van der Waals surface area contributed by atoms with Gasteiger partial charge >= 0.3 is 0 Å². The van der Waals surface area contributed by atoms with Gasteiger partial charge in [0.2, 0.25) is 0 Å². The van der Waals surface area contributed by atoms with E-state index in [0.29, 0.717) is 5.69 Å². The minimum absolute atomic E-state index is 0.0867. The highest BCUT2D eigenvalue weighted by molar-refractivity contribution is 5.23. The van der Waals surface area contributed by atoms with Crippen LogP contribution in [0.25, 0.3) is 0 Å². The number of H-pyrrole nitrogens is 1. The number of nitrogens with one attached hydrogen (secondary N) is 1. The third-order valence-electron chi connectivity index (χ3n) is 1.71. The average Bonchev–Trinajstić information content (AvgIpc) is 2.01. The zero-order chi connectivity index (χ0) is 10.0. The van der Waals surface area contributed by atoms with Gasteiger partial charge in [-0.3, -0.25) is 4.79 Å². The number of aromatic amines is 1. The lowest BCUT2D eigenvalue weighted by Crippen LogP contribution is -2.17. The van der Waals surface area contributed by atoms with E-state index in [1.807, 2.05) is 0 Å². The quantitative estimate of drug-likeness (QED) is 0.729. The molecular formula is C8H10F2N2O.